The number of hydrogen-bond acceptors (Lipinski definition) is 7. The van der Waals surface area contributed by atoms with Crippen molar-refractivity contribution in [3.8, 4) is 0 Å². The van der Waals surface area contributed by atoms with Crippen LogP contribution in [0.4, 0.5) is 5.69 Å². The van der Waals surface area contributed by atoms with Crippen LogP contribution in [0.5, 0.6) is 0 Å². The van der Waals surface area contributed by atoms with Crippen molar-refractivity contribution >= 4 is 27.6 Å². The van der Waals surface area contributed by atoms with Gasteiger partial charge in [0.2, 0.25) is 10.0 Å². The molecule has 8 nitrogen and oxygen atoms in total. The molecule has 142 valence electrons. The topological polar surface area (TPSA) is 108 Å². The molecule has 27 heavy (non-hydrogen) atoms. The van der Waals surface area contributed by atoms with Crippen molar-refractivity contribution in [3.05, 3.63) is 52.8 Å². The van der Waals surface area contributed by atoms with Gasteiger partial charge in [0.25, 0.3) is 6.29 Å². The van der Waals surface area contributed by atoms with E-state index in [0.717, 1.165) is 17.4 Å². The first-order valence-corrected chi connectivity index (χ1v) is 10.2. The summed E-state index contributed by atoms with van der Waals surface area (Å²) in [6.07, 6.45) is 3.12. The van der Waals surface area contributed by atoms with Crippen LogP contribution in [-0.4, -0.2) is 32.9 Å². The first-order valence-electron chi connectivity index (χ1n) is 8.28. The molecular weight excluding hydrogens is 374 g/mol. The van der Waals surface area contributed by atoms with E-state index in [-0.39, 0.29) is 5.92 Å². The van der Waals surface area contributed by atoms with Gasteiger partial charge in [-0.3, -0.25) is 4.72 Å². The highest BCUT2D eigenvalue weighted by Gasteiger charge is 2.46. The molecule has 2 aliphatic heterocycles. The molecule has 0 aromatic heterocycles. The molecule has 3 atom stereocenters. The molecule has 0 spiro atoms. The van der Waals surface area contributed by atoms with Gasteiger partial charge in [-0.25, -0.2) is 18.0 Å². The van der Waals surface area contributed by atoms with Crippen LogP contribution in [0.1, 0.15) is 24.2 Å². The Balaban J connectivity index is 1.55. The highest BCUT2D eigenvalue weighted by molar-refractivity contribution is 7.92. The van der Waals surface area contributed by atoms with Crippen LogP contribution >= 0.6 is 0 Å². The average molecular weight is 391 g/mol. The zero-order chi connectivity index (χ0) is 19.3. The second-order valence-electron chi connectivity index (χ2n) is 6.76. The first kappa shape index (κ1) is 17.6. The van der Waals surface area contributed by atoms with Crippen molar-refractivity contribution in [1.82, 2.24) is 0 Å². The van der Waals surface area contributed by atoms with Crippen LogP contribution in [-0.2, 0) is 40.2 Å². The molecule has 1 aromatic carbocycles. The molecule has 1 aliphatic carbocycles. The summed E-state index contributed by atoms with van der Waals surface area (Å²) in [6.45, 7) is 1.62. The molecule has 1 fully saturated rings. The molecule has 3 aliphatic rings. The maximum absolute atomic E-state index is 12.2. The molecule has 2 heterocycles. The minimum atomic E-state index is -3.40. The van der Waals surface area contributed by atoms with Crippen LogP contribution < -0.4 is 4.72 Å². The largest absolute Gasteiger partial charge is 0.458 e. The van der Waals surface area contributed by atoms with Gasteiger partial charge in [-0.2, -0.15) is 0 Å². The molecule has 0 saturated carbocycles. The average Bonchev–Trinajstić information content (AvgIpc) is 3.17. The van der Waals surface area contributed by atoms with Gasteiger partial charge in [0.15, 0.2) is 0 Å². The summed E-state index contributed by atoms with van der Waals surface area (Å²) in [4.78, 5) is 23.6. The van der Waals surface area contributed by atoms with E-state index in [1.165, 1.54) is 12.3 Å². The van der Waals surface area contributed by atoms with E-state index in [1.54, 1.807) is 19.1 Å². The molecule has 9 heteroatoms. The summed E-state index contributed by atoms with van der Waals surface area (Å²) < 4.78 is 41.2. The Hall–Kier alpha value is -2.81. The number of nitrogens with one attached hydrogen (secondary N) is 1. The maximum Gasteiger partial charge on any atom is 0.338 e. The second kappa shape index (κ2) is 6.12. The van der Waals surface area contributed by atoms with E-state index in [4.69, 9.17) is 14.2 Å². The summed E-state index contributed by atoms with van der Waals surface area (Å²) in [5.74, 6) is -1.19. The first-order chi connectivity index (χ1) is 12.7. The maximum atomic E-state index is 12.2. The predicted octanol–water partition coefficient (Wildman–Crippen LogP) is 1.56. The third-order valence-electron chi connectivity index (χ3n) is 4.69. The van der Waals surface area contributed by atoms with E-state index in [1.807, 2.05) is 6.07 Å². The lowest BCUT2D eigenvalue weighted by Gasteiger charge is -2.11. The van der Waals surface area contributed by atoms with Crippen molar-refractivity contribution in [3.63, 3.8) is 0 Å². The highest BCUT2D eigenvalue weighted by atomic mass is 32.2. The van der Waals surface area contributed by atoms with Crippen molar-refractivity contribution in [2.75, 3.05) is 11.0 Å². The molecule has 0 bridgehead atoms. The Morgan fingerprint density at radius 2 is 2.00 bits per heavy atom. The minimum absolute atomic E-state index is 0.233. The van der Waals surface area contributed by atoms with Gasteiger partial charge in [0, 0.05) is 23.3 Å². The zero-order valence-corrected chi connectivity index (χ0v) is 15.4. The van der Waals surface area contributed by atoms with Gasteiger partial charge in [-0.15, -0.1) is 0 Å². The number of anilines is 1. The highest BCUT2D eigenvalue weighted by Crippen LogP contribution is 2.48. The van der Waals surface area contributed by atoms with E-state index in [9.17, 15) is 18.0 Å². The standard InChI is InChI=1S/C18H17NO7S/c1-9-5-15(25-17(9)20)24-8-14-13-6-10-3-4-11(19-27(2,22)23)7-12(10)16(13)26-18(14)21/h3-5,7-8,13,15-16,19H,6H2,1-2H3/b14-8+. The van der Waals surface area contributed by atoms with Crippen LogP contribution in [0.25, 0.3) is 0 Å². The van der Waals surface area contributed by atoms with E-state index >= 15 is 0 Å². The van der Waals surface area contributed by atoms with Crippen LogP contribution in [0.15, 0.2) is 41.7 Å². The number of carbonyl (C=O) groups excluding carboxylic acids is 2. The second-order valence-corrected chi connectivity index (χ2v) is 8.51. The SMILES string of the molecule is CC1=CC(O/C=C2/C(=O)OC3c4cc(NS(C)(=O)=O)ccc4CC23)OC1=O. The Labute approximate surface area is 155 Å². The summed E-state index contributed by atoms with van der Waals surface area (Å²) in [6, 6.07) is 5.18. The summed E-state index contributed by atoms with van der Waals surface area (Å²) in [5.41, 5.74) is 2.98. The lowest BCUT2D eigenvalue weighted by molar-refractivity contribution is -0.152. The molecule has 3 unspecified atom stereocenters. The molecule has 0 amide bonds. The van der Waals surface area contributed by atoms with Crippen molar-refractivity contribution in [1.29, 1.82) is 0 Å². The smallest absolute Gasteiger partial charge is 0.338 e. The molecule has 1 aromatic rings. The van der Waals surface area contributed by atoms with Gasteiger partial charge in [0.05, 0.1) is 18.1 Å². The summed E-state index contributed by atoms with van der Waals surface area (Å²) in [5, 5.41) is 0. The van der Waals surface area contributed by atoms with Gasteiger partial charge in [0.1, 0.15) is 6.10 Å². The monoisotopic (exact) mass is 391 g/mol. The summed E-state index contributed by atoms with van der Waals surface area (Å²) in [7, 11) is -3.40. The lowest BCUT2D eigenvalue weighted by atomic mass is 9.98. The molecular formula is C18H17NO7S. The fourth-order valence-corrected chi connectivity index (χ4v) is 4.04. The Bertz CT molecular complexity index is 1010. The third-order valence-corrected chi connectivity index (χ3v) is 5.30. The molecule has 1 N–H and O–H groups in total. The fourth-order valence-electron chi connectivity index (χ4n) is 3.48. The Kier molecular flexibility index (Phi) is 3.99. The number of cyclic esters (lactones) is 1. The Morgan fingerprint density at radius 3 is 2.67 bits per heavy atom. The fraction of sp³-hybridized carbons (Fsp3) is 0.333. The Morgan fingerprint density at radius 1 is 1.22 bits per heavy atom. The number of rotatable bonds is 4. The lowest BCUT2D eigenvalue weighted by Crippen LogP contribution is -2.11. The van der Waals surface area contributed by atoms with E-state index in [0.29, 0.717) is 23.3 Å². The van der Waals surface area contributed by atoms with Crippen LogP contribution in [0, 0.1) is 5.92 Å². The van der Waals surface area contributed by atoms with Crippen molar-refractivity contribution in [2.24, 2.45) is 5.92 Å². The van der Waals surface area contributed by atoms with Crippen molar-refractivity contribution < 1.29 is 32.2 Å². The van der Waals surface area contributed by atoms with E-state index < -0.39 is 34.4 Å². The van der Waals surface area contributed by atoms with Crippen LogP contribution in [0.2, 0.25) is 0 Å². The number of hydrogen-bond donors (Lipinski definition) is 1. The summed E-state index contributed by atoms with van der Waals surface area (Å²) >= 11 is 0. The van der Waals surface area contributed by atoms with Gasteiger partial charge >= 0.3 is 11.9 Å². The minimum Gasteiger partial charge on any atom is -0.458 e. The van der Waals surface area contributed by atoms with Crippen molar-refractivity contribution in [2.45, 2.75) is 25.7 Å². The number of carbonyl (C=O) groups is 2. The number of fused-ring (bicyclic) bond motifs is 3. The van der Waals surface area contributed by atoms with Gasteiger partial charge in [-0.05, 0) is 36.6 Å². The van der Waals surface area contributed by atoms with Gasteiger partial charge in [-0.1, -0.05) is 6.07 Å². The predicted molar refractivity (Wildman–Crippen MR) is 93.7 cm³/mol. The molecule has 0 radical (unpaired) electrons. The molecule has 1 saturated heterocycles. The van der Waals surface area contributed by atoms with Crippen LogP contribution in [0.3, 0.4) is 0 Å². The number of benzene rings is 1. The van der Waals surface area contributed by atoms with E-state index in [2.05, 4.69) is 4.72 Å². The third kappa shape index (κ3) is 3.30. The number of ether oxygens (including phenoxy) is 3. The molecule has 4 rings (SSSR count). The number of esters is 2. The zero-order valence-electron chi connectivity index (χ0n) is 14.6. The number of sulfonamides is 1. The van der Waals surface area contributed by atoms with Gasteiger partial charge < -0.3 is 14.2 Å². The normalized spacial score (nSPS) is 27.7. The quantitative estimate of drug-likeness (QED) is 0.471.